The Labute approximate surface area is 163 Å². The lowest BCUT2D eigenvalue weighted by Gasteiger charge is -2.28. The Bertz CT molecular complexity index is 1150. The van der Waals surface area contributed by atoms with Crippen molar-refractivity contribution in [2.75, 3.05) is 25.5 Å². The van der Waals surface area contributed by atoms with Crippen molar-refractivity contribution in [1.82, 2.24) is 19.9 Å². The molecule has 0 atom stereocenters. The van der Waals surface area contributed by atoms with Crippen LogP contribution in [0.1, 0.15) is 34.8 Å². The van der Waals surface area contributed by atoms with Crippen molar-refractivity contribution in [3.05, 3.63) is 60.0 Å². The van der Waals surface area contributed by atoms with Crippen molar-refractivity contribution < 1.29 is 4.79 Å². The Morgan fingerprint density at radius 2 is 1.96 bits per heavy atom. The molecular formula is C22H23N5O. The van der Waals surface area contributed by atoms with Crippen molar-refractivity contribution in [2.24, 2.45) is 0 Å². The number of likely N-dealkylation sites (tertiary alicyclic amines) is 1. The summed E-state index contributed by atoms with van der Waals surface area (Å²) in [6.07, 6.45) is 6.18. The maximum atomic E-state index is 12.9. The molecule has 0 aliphatic carbocycles. The van der Waals surface area contributed by atoms with Crippen molar-refractivity contribution >= 4 is 33.5 Å². The van der Waals surface area contributed by atoms with Gasteiger partial charge < -0.3 is 20.2 Å². The van der Waals surface area contributed by atoms with Crippen LogP contribution < -0.4 is 5.32 Å². The monoisotopic (exact) mass is 373 g/mol. The van der Waals surface area contributed by atoms with E-state index < -0.39 is 0 Å². The van der Waals surface area contributed by atoms with Gasteiger partial charge in [0.1, 0.15) is 5.69 Å². The SMILES string of the molecule is CN1CCC(c2c[nH]c3ccc(C(=O)Nc4cccc5[nH]ccc45)nc23)CC1. The average Bonchev–Trinajstić information content (AvgIpc) is 3.35. The van der Waals surface area contributed by atoms with E-state index >= 15 is 0 Å². The fraction of sp³-hybridized carbons (Fsp3) is 0.273. The number of H-pyrrole nitrogens is 2. The Hall–Kier alpha value is -3.12. The second-order valence-corrected chi connectivity index (χ2v) is 7.61. The number of amides is 1. The minimum Gasteiger partial charge on any atom is -0.361 e. The number of rotatable bonds is 3. The summed E-state index contributed by atoms with van der Waals surface area (Å²) >= 11 is 0. The Morgan fingerprint density at radius 1 is 1.11 bits per heavy atom. The Kier molecular flexibility index (Phi) is 4.13. The molecule has 1 fully saturated rings. The van der Waals surface area contributed by atoms with Gasteiger partial charge >= 0.3 is 0 Å². The van der Waals surface area contributed by atoms with Gasteiger partial charge in [0, 0.05) is 23.3 Å². The van der Waals surface area contributed by atoms with E-state index in [9.17, 15) is 4.79 Å². The van der Waals surface area contributed by atoms with E-state index in [1.165, 1.54) is 5.56 Å². The molecule has 1 saturated heterocycles. The number of aromatic nitrogens is 3. The predicted octanol–water partition coefficient (Wildman–Crippen LogP) is 4.11. The standard InChI is InChI=1S/C22H23N5O/c1-27-11-8-14(9-12-27)16-13-24-19-5-6-20(25-21(16)19)22(28)26-18-4-2-3-17-15(18)7-10-23-17/h2-7,10,13-14,23-24H,8-9,11-12H2,1H3,(H,26,28). The first kappa shape index (κ1) is 17.0. The summed E-state index contributed by atoms with van der Waals surface area (Å²) in [6.45, 7) is 2.19. The van der Waals surface area contributed by atoms with Crippen LogP contribution in [0.5, 0.6) is 0 Å². The van der Waals surface area contributed by atoms with Gasteiger partial charge in [-0.1, -0.05) is 6.07 Å². The normalized spacial score (nSPS) is 16.0. The van der Waals surface area contributed by atoms with Crippen LogP contribution in [0.2, 0.25) is 0 Å². The van der Waals surface area contributed by atoms with Crippen molar-refractivity contribution in [3.8, 4) is 0 Å². The van der Waals surface area contributed by atoms with Crippen LogP contribution >= 0.6 is 0 Å². The van der Waals surface area contributed by atoms with E-state index in [0.717, 1.165) is 53.6 Å². The van der Waals surface area contributed by atoms with Crippen LogP contribution in [0, 0.1) is 0 Å². The summed E-state index contributed by atoms with van der Waals surface area (Å²) in [6, 6.07) is 11.5. The minimum absolute atomic E-state index is 0.189. The van der Waals surface area contributed by atoms with E-state index in [2.05, 4.69) is 33.4 Å². The molecule has 28 heavy (non-hydrogen) atoms. The molecule has 0 spiro atoms. The first-order valence-corrected chi connectivity index (χ1v) is 9.73. The number of benzene rings is 1. The van der Waals surface area contributed by atoms with E-state index in [1.54, 1.807) is 6.07 Å². The molecule has 5 rings (SSSR count). The summed E-state index contributed by atoms with van der Waals surface area (Å²) in [4.78, 5) is 26.5. The van der Waals surface area contributed by atoms with Gasteiger partial charge in [0.25, 0.3) is 5.91 Å². The van der Waals surface area contributed by atoms with Crippen LogP contribution in [0.4, 0.5) is 5.69 Å². The van der Waals surface area contributed by atoms with Gasteiger partial charge in [0.05, 0.1) is 16.7 Å². The smallest absolute Gasteiger partial charge is 0.274 e. The zero-order valence-electron chi connectivity index (χ0n) is 15.8. The summed E-state index contributed by atoms with van der Waals surface area (Å²) in [5.41, 5.74) is 5.35. The largest absolute Gasteiger partial charge is 0.361 e. The van der Waals surface area contributed by atoms with Crippen LogP contribution in [-0.4, -0.2) is 45.9 Å². The highest BCUT2D eigenvalue weighted by Gasteiger charge is 2.22. The lowest BCUT2D eigenvalue weighted by atomic mass is 9.90. The number of piperidine rings is 1. The van der Waals surface area contributed by atoms with Crippen LogP contribution in [0.15, 0.2) is 48.8 Å². The van der Waals surface area contributed by atoms with E-state index in [-0.39, 0.29) is 5.91 Å². The molecule has 1 aromatic carbocycles. The molecule has 1 aliphatic rings. The number of hydrogen-bond acceptors (Lipinski definition) is 3. The zero-order chi connectivity index (χ0) is 19.1. The van der Waals surface area contributed by atoms with Crippen molar-refractivity contribution in [2.45, 2.75) is 18.8 Å². The number of anilines is 1. The van der Waals surface area contributed by atoms with Crippen molar-refractivity contribution in [3.63, 3.8) is 0 Å². The van der Waals surface area contributed by atoms with Gasteiger partial charge in [-0.25, -0.2) is 4.98 Å². The van der Waals surface area contributed by atoms with E-state index in [1.807, 2.05) is 36.5 Å². The van der Waals surface area contributed by atoms with E-state index in [4.69, 9.17) is 4.98 Å². The minimum atomic E-state index is -0.189. The second-order valence-electron chi connectivity index (χ2n) is 7.61. The van der Waals surface area contributed by atoms with Crippen molar-refractivity contribution in [1.29, 1.82) is 0 Å². The lowest BCUT2D eigenvalue weighted by Crippen LogP contribution is -2.29. The average molecular weight is 373 g/mol. The molecule has 3 aromatic heterocycles. The fourth-order valence-corrected chi connectivity index (χ4v) is 4.16. The number of pyridine rings is 1. The molecule has 0 saturated carbocycles. The van der Waals surface area contributed by atoms with Gasteiger partial charge in [0.2, 0.25) is 0 Å². The topological polar surface area (TPSA) is 76.8 Å². The fourth-order valence-electron chi connectivity index (χ4n) is 4.16. The maximum absolute atomic E-state index is 12.9. The quantitative estimate of drug-likeness (QED) is 0.506. The number of hydrogen-bond donors (Lipinski definition) is 3. The third-order valence-corrected chi connectivity index (χ3v) is 5.79. The van der Waals surface area contributed by atoms with Gasteiger partial charge in [-0.2, -0.15) is 0 Å². The lowest BCUT2D eigenvalue weighted by molar-refractivity contribution is 0.102. The van der Waals surface area contributed by atoms with Gasteiger partial charge in [-0.3, -0.25) is 4.79 Å². The van der Waals surface area contributed by atoms with Crippen LogP contribution in [-0.2, 0) is 0 Å². The molecule has 1 aliphatic heterocycles. The molecule has 0 bridgehead atoms. The number of carbonyl (C=O) groups excluding carboxylic acids is 1. The van der Waals surface area contributed by atoms with Gasteiger partial charge in [0.15, 0.2) is 0 Å². The number of aromatic amines is 2. The summed E-state index contributed by atoms with van der Waals surface area (Å²) in [5, 5.41) is 4.00. The summed E-state index contributed by atoms with van der Waals surface area (Å²) < 4.78 is 0. The Morgan fingerprint density at radius 3 is 2.82 bits per heavy atom. The molecule has 3 N–H and O–H groups in total. The zero-order valence-corrected chi connectivity index (χ0v) is 15.8. The molecule has 1 amide bonds. The summed E-state index contributed by atoms with van der Waals surface area (Å²) in [7, 11) is 2.16. The third kappa shape index (κ3) is 2.96. The predicted molar refractivity (Wildman–Crippen MR) is 112 cm³/mol. The van der Waals surface area contributed by atoms with Gasteiger partial charge in [-0.15, -0.1) is 0 Å². The number of fused-ring (bicyclic) bond motifs is 2. The second kappa shape index (κ2) is 6.80. The molecule has 0 unspecified atom stereocenters. The van der Waals surface area contributed by atoms with Crippen LogP contribution in [0.3, 0.4) is 0 Å². The van der Waals surface area contributed by atoms with E-state index in [0.29, 0.717) is 11.6 Å². The highest BCUT2D eigenvalue weighted by atomic mass is 16.1. The Balaban J connectivity index is 1.45. The highest BCUT2D eigenvalue weighted by molar-refractivity contribution is 6.08. The number of carbonyl (C=O) groups is 1. The van der Waals surface area contributed by atoms with Gasteiger partial charge in [-0.05, 0) is 74.8 Å². The summed E-state index contributed by atoms with van der Waals surface area (Å²) in [5.74, 6) is 0.301. The molecular weight excluding hydrogens is 350 g/mol. The van der Waals surface area contributed by atoms with Crippen LogP contribution in [0.25, 0.3) is 21.9 Å². The third-order valence-electron chi connectivity index (χ3n) is 5.79. The molecule has 6 heteroatoms. The molecule has 4 heterocycles. The molecule has 4 aromatic rings. The molecule has 6 nitrogen and oxygen atoms in total. The molecule has 0 radical (unpaired) electrons. The maximum Gasteiger partial charge on any atom is 0.274 e. The first-order valence-electron chi connectivity index (χ1n) is 9.73. The molecule has 142 valence electrons. The first-order chi connectivity index (χ1) is 13.7. The highest BCUT2D eigenvalue weighted by Crippen LogP contribution is 2.32. The number of nitrogens with one attached hydrogen (secondary N) is 3. The number of nitrogens with zero attached hydrogens (tertiary/aromatic N) is 2.